The van der Waals surface area contributed by atoms with E-state index in [0.717, 1.165) is 5.56 Å². The Bertz CT molecular complexity index is 914. The Balaban J connectivity index is 2.08. The van der Waals surface area contributed by atoms with Crippen molar-refractivity contribution in [3.63, 3.8) is 0 Å². The first-order chi connectivity index (χ1) is 12.3. The number of nitrogens with one attached hydrogen (secondary N) is 2. The maximum Gasteiger partial charge on any atom is 0.251 e. The van der Waals surface area contributed by atoms with Crippen LogP contribution in [0.1, 0.15) is 40.9 Å². The summed E-state index contributed by atoms with van der Waals surface area (Å²) < 4.78 is 26.9. The van der Waals surface area contributed by atoms with Gasteiger partial charge in [-0.3, -0.25) is 4.79 Å². The van der Waals surface area contributed by atoms with E-state index in [2.05, 4.69) is 10.0 Å². The molecule has 0 saturated heterocycles. The molecule has 0 saturated carbocycles. The van der Waals surface area contributed by atoms with Gasteiger partial charge in [0.15, 0.2) is 0 Å². The van der Waals surface area contributed by atoms with E-state index in [4.69, 9.17) is 5.26 Å². The highest BCUT2D eigenvalue weighted by Gasteiger charge is 2.15. The van der Waals surface area contributed by atoms with Crippen molar-refractivity contribution in [2.45, 2.75) is 32.2 Å². The summed E-state index contributed by atoms with van der Waals surface area (Å²) in [7, 11) is -3.45. The second-order valence-corrected chi connectivity index (χ2v) is 7.93. The second kappa shape index (κ2) is 8.61. The number of carbonyl (C=O) groups excluding carboxylic acids is 1. The smallest absolute Gasteiger partial charge is 0.251 e. The van der Waals surface area contributed by atoms with Gasteiger partial charge in [-0.15, -0.1) is 0 Å². The lowest BCUT2D eigenvalue weighted by Gasteiger charge is -2.13. The first-order valence-corrected chi connectivity index (χ1v) is 9.81. The first-order valence-electron chi connectivity index (χ1n) is 8.16. The Morgan fingerprint density at radius 2 is 1.69 bits per heavy atom. The predicted molar refractivity (Wildman–Crippen MR) is 99.7 cm³/mol. The van der Waals surface area contributed by atoms with E-state index >= 15 is 0 Å². The molecule has 0 radical (unpaired) electrons. The molecule has 0 aliphatic heterocycles. The summed E-state index contributed by atoms with van der Waals surface area (Å²) in [4.78, 5) is 12.2. The van der Waals surface area contributed by atoms with Crippen molar-refractivity contribution in [2.75, 3.05) is 0 Å². The number of amides is 1. The van der Waals surface area contributed by atoms with Crippen molar-refractivity contribution < 1.29 is 13.2 Å². The number of rotatable bonds is 7. The molecule has 7 heteroatoms. The van der Waals surface area contributed by atoms with Gasteiger partial charge < -0.3 is 5.32 Å². The minimum Gasteiger partial charge on any atom is -0.348 e. The van der Waals surface area contributed by atoms with Crippen molar-refractivity contribution in [1.29, 1.82) is 5.26 Å². The highest BCUT2D eigenvalue weighted by atomic mass is 32.2. The number of hydrogen-bond acceptors (Lipinski definition) is 4. The van der Waals surface area contributed by atoms with E-state index in [-0.39, 0.29) is 24.2 Å². The molecule has 0 bridgehead atoms. The summed E-state index contributed by atoms with van der Waals surface area (Å²) in [6.45, 7) is 3.74. The van der Waals surface area contributed by atoms with Crippen molar-refractivity contribution in [2.24, 2.45) is 0 Å². The van der Waals surface area contributed by atoms with Crippen molar-refractivity contribution in [3.05, 3.63) is 70.8 Å². The molecule has 0 aromatic heterocycles. The van der Waals surface area contributed by atoms with Crippen LogP contribution < -0.4 is 10.0 Å². The molecule has 2 aromatic rings. The van der Waals surface area contributed by atoms with Crippen LogP contribution in [0.25, 0.3) is 0 Å². The SMILES string of the molecule is CC(C)NS(=O)(=O)Cc1ccccc1CNC(=O)c1ccc(C#N)cc1. The Labute approximate surface area is 153 Å². The van der Waals surface area contributed by atoms with E-state index in [1.165, 1.54) is 0 Å². The molecule has 2 N–H and O–H groups in total. The van der Waals surface area contributed by atoms with Gasteiger partial charge in [-0.1, -0.05) is 24.3 Å². The van der Waals surface area contributed by atoms with Gasteiger partial charge in [-0.25, -0.2) is 13.1 Å². The molecule has 26 heavy (non-hydrogen) atoms. The molecule has 2 rings (SSSR count). The molecule has 0 spiro atoms. The van der Waals surface area contributed by atoms with Crippen LogP contribution in [-0.2, 0) is 22.3 Å². The van der Waals surface area contributed by atoms with Gasteiger partial charge in [0, 0.05) is 18.2 Å². The molecule has 0 aliphatic rings. The van der Waals surface area contributed by atoms with E-state index < -0.39 is 10.0 Å². The molecule has 0 unspecified atom stereocenters. The molecule has 1 amide bonds. The molecular formula is C19H21N3O3S. The third-order valence-corrected chi connectivity index (χ3v) is 5.12. The van der Waals surface area contributed by atoms with Crippen LogP contribution in [0.2, 0.25) is 0 Å². The molecule has 6 nitrogen and oxygen atoms in total. The Hall–Kier alpha value is -2.69. The number of hydrogen-bond donors (Lipinski definition) is 2. The van der Waals surface area contributed by atoms with Gasteiger partial charge in [-0.2, -0.15) is 5.26 Å². The molecule has 0 heterocycles. The van der Waals surface area contributed by atoms with Crippen LogP contribution in [0.5, 0.6) is 0 Å². The zero-order valence-corrected chi connectivity index (χ0v) is 15.5. The molecule has 0 aliphatic carbocycles. The summed E-state index contributed by atoms with van der Waals surface area (Å²) in [6.07, 6.45) is 0. The summed E-state index contributed by atoms with van der Waals surface area (Å²) in [5.74, 6) is -0.430. The molecular weight excluding hydrogens is 350 g/mol. The van der Waals surface area contributed by atoms with Gasteiger partial charge in [0.2, 0.25) is 10.0 Å². The maximum absolute atomic E-state index is 12.2. The maximum atomic E-state index is 12.2. The van der Waals surface area contributed by atoms with Crippen LogP contribution >= 0.6 is 0 Å². The molecule has 136 valence electrons. The highest BCUT2D eigenvalue weighted by molar-refractivity contribution is 7.88. The number of sulfonamides is 1. The number of carbonyl (C=O) groups is 1. The van der Waals surface area contributed by atoms with Gasteiger partial charge in [0.1, 0.15) is 0 Å². The lowest BCUT2D eigenvalue weighted by molar-refractivity contribution is 0.0951. The van der Waals surface area contributed by atoms with Crippen molar-refractivity contribution in [3.8, 4) is 6.07 Å². The van der Waals surface area contributed by atoms with E-state index in [9.17, 15) is 13.2 Å². The Kier molecular flexibility index (Phi) is 6.50. The van der Waals surface area contributed by atoms with Gasteiger partial charge in [0.25, 0.3) is 5.91 Å². The number of nitrogens with zero attached hydrogens (tertiary/aromatic N) is 1. The van der Waals surface area contributed by atoms with Crippen LogP contribution in [0.4, 0.5) is 0 Å². The largest absolute Gasteiger partial charge is 0.348 e. The fourth-order valence-corrected chi connectivity index (χ4v) is 3.94. The monoisotopic (exact) mass is 371 g/mol. The van der Waals surface area contributed by atoms with E-state index in [0.29, 0.717) is 16.7 Å². The normalized spacial score (nSPS) is 11.2. The minimum absolute atomic E-state index is 0.145. The molecule has 0 fully saturated rings. The van der Waals surface area contributed by atoms with E-state index in [1.807, 2.05) is 6.07 Å². The predicted octanol–water partition coefficient (Wildman–Crippen LogP) is 2.32. The number of nitriles is 1. The Morgan fingerprint density at radius 3 is 2.27 bits per heavy atom. The average Bonchev–Trinajstić information content (AvgIpc) is 2.59. The fraction of sp³-hybridized carbons (Fsp3) is 0.263. The summed E-state index contributed by atoms with van der Waals surface area (Å²) in [6, 6.07) is 15.2. The summed E-state index contributed by atoms with van der Waals surface area (Å²) in [5, 5.41) is 11.6. The third kappa shape index (κ3) is 5.69. The van der Waals surface area contributed by atoms with Crippen LogP contribution in [0.15, 0.2) is 48.5 Å². The molecule has 2 aromatic carbocycles. The zero-order chi connectivity index (χ0) is 19.2. The van der Waals surface area contributed by atoms with Gasteiger partial charge in [-0.05, 0) is 49.2 Å². The number of benzene rings is 2. The summed E-state index contributed by atoms with van der Waals surface area (Å²) >= 11 is 0. The Morgan fingerprint density at radius 1 is 1.08 bits per heavy atom. The average molecular weight is 371 g/mol. The quantitative estimate of drug-likeness (QED) is 0.780. The fourth-order valence-electron chi connectivity index (χ4n) is 2.45. The highest BCUT2D eigenvalue weighted by Crippen LogP contribution is 2.13. The zero-order valence-electron chi connectivity index (χ0n) is 14.7. The first kappa shape index (κ1) is 19.6. The van der Waals surface area contributed by atoms with Gasteiger partial charge >= 0.3 is 0 Å². The van der Waals surface area contributed by atoms with Crippen LogP contribution in [0.3, 0.4) is 0 Å². The second-order valence-electron chi connectivity index (χ2n) is 6.17. The lowest BCUT2D eigenvalue weighted by atomic mass is 10.1. The van der Waals surface area contributed by atoms with Crippen molar-refractivity contribution >= 4 is 15.9 Å². The van der Waals surface area contributed by atoms with Crippen LogP contribution in [-0.4, -0.2) is 20.4 Å². The minimum atomic E-state index is -3.45. The molecule has 0 atom stereocenters. The lowest BCUT2D eigenvalue weighted by Crippen LogP contribution is -2.31. The topological polar surface area (TPSA) is 99.1 Å². The third-order valence-electron chi connectivity index (χ3n) is 3.59. The van der Waals surface area contributed by atoms with Crippen molar-refractivity contribution in [1.82, 2.24) is 10.0 Å². The standard InChI is InChI=1S/C19H21N3O3S/c1-14(2)22-26(24,25)13-18-6-4-3-5-17(18)12-21-19(23)16-9-7-15(11-20)8-10-16/h3-10,14,22H,12-13H2,1-2H3,(H,21,23). The van der Waals surface area contributed by atoms with E-state index in [1.54, 1.807) is 62.4 Å². The summed E-state index contributed by atoms with van der Waals surface area (Å²) in [5.41, 5.74) is 2.30. The van der Waals surface area contributed by atoms with Crippen LogP contribution in [0, 0.1) is 11.3 Å². The van der Waals surface area contributed by atoms with Gasteiger partial charge in [0.05, 0.1) is 17.4 Å².